The first-order chi connectivity index (χ1) is 10.2. The molecule has 1 atom stereocenters. The summed E-state index contributed by atoms with van der Waals surface area (Å²) in [7, 11) is 0. The van der Waals surface area contributed by atoms with Gasteiger partial charge in [-0.05, 0) is 25.0 Å². The number of aromatic nitrogens is 1. The van der Waals surface area contributed by atoms with Gasteiger partial charge >= 0.3 is 0 Å². The fraction of sp³-hybridized carbons (Fsp3) is 0.412. The number of fused-ring (bicyclic) bond motifs is 1. The molecule has 1 saturated heterocycles. The van der Waals surface area contributed by atoms with Crippen LogP contribution in [0.5, 0.6) is 0 Å². The van der Waals surface area contributed by atoms with Crippen molar-refractivity contribution in [1.29, 1.82) is 0 Å². The molecule has 0 aliphatic carbocycles. The van der Waals surface area contributed by atoms with Crippen LogP contribution in [-0.4, -0.2) is 34.9 Å². The Kier molecular flexibility index (Phi) is 3.78. The lowest BCUT2D eigenvalue weighted by molar-refractivity contribution is -0.129. The highest BCUT2D eigenvalue weighted by molar-refractivity contribution is 5.93. The molecule has 0 spiro atoms. The Hall–Kier alpha value is -2.10. The van der Waals surface area contributed by atoms with Gasteiger partial charge in [0.15, 0.2) is 0 Å². The summed E-state index contributed by atoms with van der Waals surface area (Å²) < 4.78 is 0. The summed E-state index contributed by atoms with van der Waals surface area (Å²) in [5.74, 6) is 0.245. The van der Waals surface area contributed by atoms with Gasteiger partial charge in [0.25, 0.3) is 0 Å². The smallest absolute Gasteiger partial charge is 0.222 e. The van der Waals surface area contributed by atoms with E-state index in [-0.39, 0.29) is 5.91 Å². The second kappa shape index (κ2) is 5.72. The first kappa shape index (κ1) is 13.9. The van der Waals surface area contributed by atoms with E-state index in [9.17, 15) is 4.79 Å². The van der Waals surface area contributed by atoms with Crippen molar-refractivity contribution in [3.8, 4) is 0 Å². The van der Waals surface area contributed by atoms with Gasteiger partial charge in [0.2, 0.25) is 5.91 Å². The van der Waals surface area contributed by atoms with Crippen LogP contribution in [0, 0.1) is 6.92 Å². The number of carbonyl (C=O) groups is 1. The lowest BCUT2D eigenvalue weighted by Gasteiger charge is -2.18. The van der Waals surface area contributed by atoms with Crippen molar-refractivity contribution in [2.24, 2.45) is 0 Å². The Morgan fingerprint density at radius 1 is 1.43 bits per heavy atom. The molecule has 1 N–H and O–H groups in total. The molecule has 2 aromatic rings. The third-order valence-electron chi connectivity index (χ3n) is 4.18. The number of para-hydroxylation sites is 1. The van der Waals surface area contributed by atoms with E-state index in [1.54, 1.807) is 0 Å². The predicted molar refractivity (Wildman–Crippen MR) is 85.4 cm³/mol. The van der Waals surface area contributed by atoms with Gasteiger partial charge in [0.1, 0.15) is 0 Å². The molecule has 1 aliphatic rings. The van der Waals surface area contributed by atoms with Gasteiger partial charge in [-0.2, -0.15) is 0 Å². The average Bonchev–Trinajstić information content (AvgIpc) is 2.96. The summed E-state index contributed by atoms with van der Waals surface area (Å²) >= 11 is 0. The highest BCUT2D eigenvalue weighted by atomic mass is 16.2. The fourth-order valence-corrected chi connectivity index (χ4v) is 3.00. The average molecular weight is 283 g/mol. The molecule has 110 valence electrons. The summed E-state index contributed by atoms with van der Waals surface area (Å²) in [6, 6.07) is 8.59. The SMILES string of the molecule is CCC(=O)N1CCC(Nc2ccnc3c(C)cccc23)C1. The Balaban J connectivity index is 1.80. The minimum absolute atomic E-state index is 0.245. The van der Waals surface area contributed by atoms with Gasteiger partial charge in [-0.1, -0.05) is 25.1 Å². The number of aryl methyl sites for hydroxylation is 1. The minimum Gasteiger partial charge on any atom is -0.380 e. The molecule has 0 radical (unpaired) electrons. The quantitative estimate of drug-likeness (QED) is 0.942. The number of carbonyl (C=O) groups excluding carboxylic acids is 1. The van der Waals surface area contributed by atoms with Crippen molar-refractivity contribution in [1.82, 2.24) is 9.88 Å². The number of anilines is 1. The lowest BCUT2D eigenvalue weighted by atomic mass is 10.1. The zero-order chi connectivity index (χ0) is 14.8. The number of rotatable bonds is 3. The van der Waals surface area contributed by atoms with Crippen molar-refractivity contribution < 1.29 is 4.79 Å². The molecule has 1 aromatic carbocycles. The van der Waals surface area contributed by atoms with Crippen LogP contribution in [0.3, 0.4) is 0 Å². The van der Waals surface area contributed by atoms with Crippen LogP contribution < -0.4 is 5.32 Å². The molecular weight excluding hydrogens is 262 g/mol. The molecule has 2 heterocycles. The van der Waals surface area contributed by atoms with Gasteiger partial charge in [-0.15, -0.1) is 0 Å². The summed E-state index contributed by atoms with van der Waals surface area (Å²) in [4.78, 5) is 18.2. The van der Waals surface area contributed by atoms with Crippen LogP contribution in [0.2, 0.25) is 0 Å². The van der Waals surface area contributed by atoms with Gasteiger partial charge in [-0.3, -0.25) is 9.78 Å². The summed E-state index contributed by atoms with van der Waals surface area (Å²) in [6.07, 6.45) is 3.44. The van der Waals surface area contributed by atoms with Gasteiger partial charge in [0, 0.05) is 42.8 Å². The lowest BCUT2D eigenvalue weighted by Crippen LogP contribution is -2.30. The Morgan fingerprint density at radius 3 is 3.10 bits per heavy atom. The summed E-state index contributed by atoms with van der Waals surface area (Å²) in [5.41, 5.74) is 3.34. The maximum absolute atomic E-state index is 11.8. The molecule has 0 saturated carbocycles. The predicted octanol–water partition coefficient (Wildman–Crippen LogP) is 2.97. The zero-order valence-corrected chi connectivity index (χ0v) is 12.6. The van der Waals surface area contributed by atoms with Crippen molar-refractivity contribution in [3.05, 3.63) is 36.0 Å². The topological polar surface area (TPSA) is 45.2 Å². The fourth-order valence-electron chi connectivity index (χ4n) is 3.00. The van der Waals surface area contributed by atoms with Crippen LogP contribution in [-0.2, 0) is 4.79 Å². The molecule has 1 fully saturated rings. The molecule has 1 unspecified atom stereocenters. The largest absolute Gasteiger partial charge is 0.380 e. The van der Waals surface area contributed by atoms with Crippen LogP contribution in [0.25, 0.3) is 10.9 Å². The first-order valence-electron chi connectivity index (χ1n) is 7.57. The van der Waals surface area contributed by atoms with Crippen LogP contribution in [0.1, 0.15) is 25.3 Å². The third kappa shape index (κ3) is 2.71. The maximum Gasteiger partial charge on any atom is 0.222 e. The Morgan fingerprint density at radius 2 is 2.29 bits per heavy atom. The highest BCUT2D eigenvalue weighted by Crippen LogP contribution is 2.26. The number of nitrogens with zero attached hydrogens (tertiary/aromatic N) is 2. The monoisotopic (exact) mass is 283 g/mol. The highest BCUT2D eigenvalue weighted by Gasteiger charge is 2.25. The van der Waals surface area contributed by atoms with E-state index in [1.807, 2.05) is 24.1 Å². The molecule has 3 rings (SSSR count). The van der Waals surface area contributed by atoms with Crippen molar-refractivity contribution in [3.63, 3.8) is 0 Å². The van der Waals surface area contributed by atoms with Crippen LogP contribution in [0.4, 0.5) is 5.69 Å². The molecular formula is C17H21N3O. The Labute approximate surface area is 125 Å². The van der Waals surface area contributed by atoms with E-state index in [4.69, 9.17) is 0 Å². The number of likely N-dealkylation sites (tertiary alicyclic amines) is 1. The first-order valence-corrected chi connectivity index (χ1v) is 7.57. The summed E-state index contributed by atoms with van der Waals surface area (Å²) in [6.45, 7) is 5.65. The molecule has 0 bridgehead atoms. The maximum atomic E-state index is 11.8. The second-order valence-corrected chi connectivity index (χ2v) is 5.65. The Bertz CT molecular complexity index is 668. The standard InChI is InChI=1S/C17H21N3O/c1-3-16(21)20-10-8-13(11-20)19-15-7-9-18-17-12(2)5-4-6-14(15)17/h4-7,9,13H,3,8,10-11H2,1-2H3,(H,18,19). The number of pyridine rings is 1. The third-order valence-corrected chi connectivity index (χ3v) is 4.18. The zero-order valence-electron chi connectivity index (χ0n) is 12.6. The number of benzene rings is 1. The van der Waals surface area contributed by atoms with E-state index >= 15 is 0 Å². The van der Waals surface area contributed by atoms with Gasteiger partial charge in [0.05, 0.1) is 5.52 Å². The number of nitrogens with one attached hydrogen (secondary N) is 1. The molecule has 4 nitrogen and oxygen atoms in total. The number of amides is 1. The van der Waals surface area contributed by atoms with Crippen molar-refractivity contribution in [2.75, 3.05) is 18.4 Å². The molecule has 1 aromatic heterocycles. The normalized spacial score (nSPS) is 18.2. The molecule has 21 heavy (non-hydrogen) atoms. The van der Waals surface area contributed by atoms with Gasteiger partial charge < -0.3 is 10.2 Å². The van der Waals surface area contributed by atoms with Crippen molar-refractivity contribution >= 4 is 22.5 Å². The number of hydrogen-bond acceptors (Lipinski definition) is 3. The second-order valence-electron chi connectivity index (χ2n) is 5.65. The van der Waals surface area contributed by atoms with E-state index in [0.717, 1.165) is 36.1 Å². The molecule has 1 amide bonds. The molecule has 1 aliphatic heterocycles. The minimum atomic E-state index is 0.245. The van der Waals surface area contributed by atoms with Crippen LogP contribution in [0.15, 0.2) is 30.5 Å². The van der Waals surface area contributed by atoms with Crippen molar-refractivity contribution in [2.45, 2.75) is 32.7 Å². The number of hydrogen-bond donors (Lipinski definition) is 1. The molecule has 4 heteroatoms. The summed E-state index contributed by atoms with van der Waals surface area (Å²) in [5, 5.41) is 4.74. The van der Waals surface area contributed by atoms with E-state index < -0.39 is 0 Å². The van der Waals surface area contributed by atoms with Crippen LogP contribution >= 0.6 is 0 Å². The van der Waals surface area contributed by atoms with E-state index in [0.29, 0.717) is 12.5 Å². The van der Waals surface area contributed by atoms with E-state index in [1.165, 1.54) is 5.56 Å². The van der Waals surface area contributed by atoms with Gasteiger partial charge in [-0.25, -0.2) is 0 Å². The van der Waals surface area contributed by atoms with E-state index in [2.05, 4.69) is 35.4 Å².